The summed E-state index contributed by atoms with van der Waals surface area (Å²) in [6.45, 7) is 5.81. The summed E-state index contributed by atoms with van der Waals surface area (Å²) in [6, 6.07) is 16.3. The number of primary amides is 1. The van der Waals surface area contributed by atoms with Crippen molar-refractivity contribution in [1.82, 2.24) is 31.9 Å². The highest BCUT2D eigenvalue weighted by atomic mass is 16.6. The van der Waals surface area contributed by atoms with Crippen LogP contribution in [0.1, 0.15) is 83.3 Å². The highest BCUT2D eigenvalue weighted by Crippen LogP contribution is 2.27. The van der Waals surface area contributed by atoms with Crippen LogP contribution < -0.4 is 37.6 Å². The Morgan fingerprint density at radius 2 is 1.04 bits per heavy atom. The number of nitrogens with one attached hydrogen (secondary N) is 6. The fourth-order valence-corrected chi connectivity index (χ4v) is 7.07. The number of carbonyl (C=O) groups excluding carboxylic acids is 7. The van der Waals surface area contributed by atoms with Crippen molar-refractivity contribution >= 4 is 41.9 Å². The Labute approximate surface area is 397 Å². The van der Waals surface area contributed by atoms with Gasteiger partial charge in [0.25, 0.3) is 0 Å². The van der Waals surface area contributed by atoms with Crippen LogP contribution in [0, 0.1) is 11.8 Å². The topological polar surface area (TPSA) is 264 Å². The number of rotatable bonds is 24. The van der Waals surface area contributed by atoms with Gasteiger partial charge in [0.1, 0.15) is 54.3 Å². The van der Waals surface area contributed by atoms with Gasteiger partial charge in [-0.05, 0) is 94.7 Å². The van der Waals surface area contributed by atoms with Crippen LogP contribution in [-0.2, 0) is 56.1 Å². The summed E-state index contributed by atoms with van der Waals surface area (Å²) in [4.78, 5) is 91.4. The summed E-state index contributed by atoms with van der Waals surface area (Å²) < 4.78 is 26.8. The first kappa shape index (κ1) is 53.3. The number of benzene rings is 2. The Morgan fingerprint density at radius 3 is 1.49 bits per heavy atom. The van der Waals surface area contributed by atoms with Gasteiger partial charge in [0.05, 0.1) is 14.2 Å². The maximum absolute atomic E-state index is 14.1. The van der Waals surface area contributed by atoms with E-state index in [0.717, 1.165) is 11.1 Å². The van der Waals surface area contributed by atoms with Crippen molar-refractivity contribution in [2.24, 2.45) is 17.6 Å². The summed E-state index contributed by atoms with van der Waals surface area (Å²) in [5.41, 5.74) is 7.17. The lowest BCUT2D eigenvalue weighted by Crippen LogP contribution is -2.50. The van der Waals surface area contributed by atoms with Gasteiger partial charge < -0.3 is 61.3 Å². The molecule has 8 N–H and O–H groups in total. The van der Waals surface area contributed by atoms with Gasteiger partial charge in [0.2, 0.25) is 23.6 Å². The van der Waals surface area contributed by atoms with Gasteiger partial charge in [-0.2, -0.15) is 0 Å². The lowest BCUT2D eigenvalue weighted by atomic mass is 9.93. The summed E-state index contributed by atoms with van der Waals surface area (Å²) in [6.07, 6.45) is 6.37. The molecule has 0 radical (unpaired) electrons. The zero-order chi connectivity index (χ0) is 49.5. The summed E-state index contributed by atoms with van der Waals surface area (Å²) in [5, 5.41) is 16.5. The van der Waals surface area contributed by atoms with Crippen LogP contribution in [0.2, 0.25) is 0 Å². The van der Waals surface area contributed by atoms with Crippen molar-refractivity contribution in [3.8, 4) is 0 Å². The molecule has 0 fully saturated rings. The fourth-order valence-electron chi connectivity index (χ4n) is 7.07. The summed E-state index contributed by atoms with van der Waals surface area (Å²) in [5.74, 6) is -3.52. The minimum atomic E-state index is -1.09. The molecule has 0 saturated carbocycles. The average molecular weight is 944 g/mol. The molecule has 68 heavy (non-hydrogen) atoms. The Kier molecular flexibility index (Phi) is 21.4. The molecule has 19 heteroatoms. The van der Waals surface area contributed by atoms with Crippen LogP contribution in [0.3, 0.4) is 0 Å². The zero-order valence-electron chi connectivity index (χ0n) is 39.4. The Bertz CT molecular complexity index is 2170. The molecule has 0 heterocycles. The van der Waals surface area contributed by atoms with E-state index in [1.165, 1.54) is 20.3 Å². The lowest BCUT2D eigenvalue weighted by molar-refractivity contribution is -0.131. The molecule has 0 spiro atoms. The Hall–Kier alpha value is -7.31. The molecule has 0 bridgehead atoms. The molecule has 368 valence electrons. The van der Waals surface area contributed by atoms with Gasteiger partial charge >= 0.3 is 18.3 Å². The molecule has 2 aliphatic rings. The van der Waals surface area contributed by atoms with Gasteiger partial charge in [-0.25, -0.2) is 14.4 Å². The van der Waals surface area contributed by atoms with E-state index in [1.54, 1.807) is 39.0 Å². The second-order valence-electron chi connectivity index (χ2n) is 17.1. The van der Waals surface area contributed by atoms with Gasteiger partial charge in [-0.15, -0.1) is 0 Å². The molecular formula is C49H65N7O12. The average Bonchev–Trinajstić information content (AvgIpc) is 3.31. The maximum atomic E-state index is 14.1. The van der Waals surface area contributed by atoms with Crippen LogP contribution in [0.4, 0.5) is 14.4 Å². The molecule has 7 amide bonds. The van der Waals surface area contributed by atoms with E-state index in [1.807, 2.05) is 60.7 Å². The van der Waals surface area contributed by atoms with Crippen molar-refractivity contribution < 1.29 is 57.2 Å². The minimum Gasteiger partial charge on any atom is -0.500 e. The molecule has 0 saturated heterocycles. The molecule has 2 aromatic rings. The molecule has 4 atom stereocenters. The highest BCUT2D eigenvalue weighted by molar-refractivity contribution is 5.91. The number of carbonyl (C=O) groups is 7. The van der Waals surface area contributed by atoms with Gasteiger partial charge in [0.15, 0.2) is 0 Å². The predicted molar refractivity (Wildman–Crippen MR) is 250 cm³/mol. The van der Waals surface area contributed by atoms with E-state index in [-0.39, 0.29) is 57.7 Å². The quantitative estimate of drug-likeness (QED) is 0.0533. The van der Waals surface area contributed by atoms with E-state index in [4.69, 9.17) is 29.4 Å². The van der Waals surface area contributed by atoms with Crippen molar-refractivity contribution in [2.45, 2.75) is 103 Å². The van der Waals surface area contributed by atoms with E-state index >= 15 is 0 Å². The first-order valence-electron chi connectivity index (χ1n) is 22.5. The second kappa shape index (κ2) is 27.4. The van der Waals surface area contributed by atoms with Gasteiger partial charge in [0, 0.05) is 37.3 Å². The number of ether oxygens (including phenoxy) is 5. The number of amides is 7. The number of hydrogen-bond donors (Lipinski definition) is 7. The molecule has 0 aliphatic heterocycles. The van der Waals surface area contributed by atoms with E-state index < -0.39 is 71.4 Å². The fraction of sp³-hybridized carbons (Fsp3) is 0.449. The van der Waals surface area contributed by atoms with Crippen LogP contribution in [0.5, 0.6) is 0 Å². The first-order chi connectivity index (χ1) is 32.5. The monoisotopic (exact) mass is 943 g/mol. The van der Waals surface area contributed by atoms with Crippen molar-refractivity contribution in [2.75, 3.05) is 27.3 Å². The number of nitrogens with two attached hydrogens (primary N) is 1. The van der Waals surface area contributed by atoms with E-state index in [9.17, 15) is 33.6 Å². The molecule has 4 rings (SSSR count). The molecular weight excluding hydrogens is 879 g/mol. The Balaban J connectivity index is 1.38. The van der Waals surface area contributed by atoms with Crippen molar-refractivity contribution in [3.05, 3.63) is 119 Å². The maximum Gasteiger partial charge on any atom is 0.408 e. The number of unbranched alkanes of at least 4 members (excludes halogenated alkanes) is 2. The normalized spacial score (nSPS) is 16.3. The number of methoxy groups -OCH3 is 2. The third-order valence-electron chi connectivity index (χ3n) is 10.6. The number of alkyl carbamates (subject to hydrolysis) is 3. The SMILES string of the molecule is COC1=CC=C(NC(=O)[C@H](CCCCNC(=O)OCc2ccccc2)NC(=O)[C@@H]2CC(NC(=O)[C@H](CCCCNC(=O)OCc3ccccc3)NC(=O)OC(C)(C)C)=CC=C2OC)CC1C(N)=O. The minimum absolute atomic E-state index is 0.0369. The standard InChI is InChI=1S/C49H65N7O12/c1-49(2,3)68-48(63)56-39(21-13-15-27-52-47(62)67-31-33-18-10-7-11-19-33)45(60)54-35-23-25-41(65-5)37(29-35)43(58)55-38(44(59)53-34-22-24-40(64-4)36(28-34)42(50)57)20-12-14-26-51-46(61)66-30-32-16-8-6-9-17-32/h6-11,16-19,22-25,36-39H,12-15,20-21,26-31H2,1-5H3,(H2,50,57)(H,51,61)(H,52,62)(H,53,59)(H,54,60)(H,55,58)(H,56,63)/t36?,37-,38+,39+/m1/s1. The smallest absolute Gasteiger partial charge is 0.408 e. The van der Waals surface area contributed by atoms with Crippen molar-refractivity contribution in [3.63, 3.8) is 0 Å². The third-order valence-corrected chi connectivity index (χ3v) is 10.6. The molecule has 0 aromatic heterocycles. The van der Waals surface area contributed by atoms with Crippen LogP contribution in [0.15, 0.2) is 108 Å². The zero-order valence-corrected chi connectivity index (χ0v) is 39.4. The highest BCUT2D eigenvalue weighted by Gasteiger charge is 2.34. The number of allylic oxidation sites excluding steroid dienone is 6. The van der Waals surface area contributed by atoms with Crippen molar-refractivity contribution in [1.29, 1.82) is 0 Å². The third kappa shape index (κ3) is 18.9. The van der Waals surface area contributed by atoms with Crippen LogP contribution in [0.25, 0.3) is 0 Å². The molecule has 2 aliphatic carbocycles. The second-order valence-corrected chi connectivity index (χ2v) is 17.1. The largest absolute Gasteiger partial charge is 0.500 e. The first-order valence-corrected chi connectivity index (χ1v) is 22.5. The number of hydrogen-bond acceptors (Lipinski definition) is 12. The molecule has 1 unspecified atom stereocenters. The summed E-state index contributed by atoms with van der Waals surface area (Å²) >= 11 is 0. The summed E-state index contributed by atoms with van der Waals surface area (Å²) in [7, 11) is 2.82. The molecule has 19 nitrogen and oxygen atoms in total. The molecule has 2 aromatic carbocycles. The lowest BCUT2D eigenvalue weighted by Gasteiger charge is -2.28. The van der Waals surface area contributed by atoms with Crippen LogP contribution >= 0.6 is 0 Å². The van der Waals surface area contributed by atoms with E-state index in [2.05, 4.69) is 31.9 Å². The van der Waals surface area contributed by atoms with Gasteiger partial charge in [-0.1, -0.05) is 60.7 Å². The Morgan fingerprint density at radius 1 is 0.603 bits per heavy atom. The van der Waals surface area contributed by atoms with Crippen LogP contribution in [-0.4, -0.2) is 86.9 Å². The predicted octanol–water partition coefficient (Wildman–Crippen LogP) is 5.14. The van der Waals surface area contributed by atoms with Gasteiger partial charge in [-0.3, -0.25) is 19.2 Å². The van der Waals surface area contributed by atoms with E-state index in [0.29, 0.717) is 42.8 Å².